The van der Waals surface area contributed by atoms with Crippen LogP contribution in [0.5, 0.6) is 0 Å². The predicted molar refractivity (Wildman–Crippen MR) is 96.7 cm³/mol. The summed E-state index contributed by atoms with van der Waals surface area (Å²) in [6.07, 6.45) is 0. The van der Waals surface area contributed by atoms with Crippen molar-refractivity contribution in [1.29, 1.82) is 0 Å². The van der Waals surface area contributed by atoms with Gasteiger partial charge < -0.3 is 10.0 Å². The molecular formula is C20H15BO2. The highest BCUT2D eigenvalue weighted by molar-refractivity contribution is 6.62. The molecular weight excluding hydrogens is 283 g/mol. The van der Waals surface area contributed by atoms with Gasteiger partial charge in [0.15, 0.2) is 0 Å². The Bertz CT molecular complexity index is 1010. The molecule has 4 aromatic rings. The minimum Gasteiger partial charge on any atom is -0.423 e. The van der Waals surface area contributed by atoms with E-state index < -0.39 is 7.12 Å². The maximum Gasteiger partial charge on any atom is 0.489 e. The molecule has 0 saturated heterocycles. The third-order valence-corrected chi connectivity index (χ3v) is 4.25. The molecule has 0 aliphatic heterocycles. The van der Waals surface area contributed by atoms with Crippen molar-refractivity contribution >= 4 is 34.1 Å². The van der Waals surface area contributed by atoms with Gasteiger partial charge in [-0.3, -0.25) is 0 Å². The fourth-order valence-electron chi connectivity index (χ4n) is 3.09. The molecule has 23 heavy (non-hydrogen) atoms. The first-order chi connectivity index (χ1) is 11.2. The largest absolute Gasteiger partial charge is 0.489 e. The van der Waals surface area contributed by atoms with Crippen LogP contribution in [0.25, 0.3) is 32.7 Å². The Morgan fingerprint density at radius 3 is 2.00 bits per heavy atom. The maximum atomic E-state index is 9.72. The molecule has 4 aromatic carbocycles. The summed E-state index contributed by atoms with van der Waals surface area (Å²) in [5.74, 6) is 0. The van der Waals surface area contributed by atoms with Crippen LogP contribution in [0, 0.1) is 0 Å². The molecule has 0 atom stereocenters. The molecule has 0 bridgehead atoms. The van der Waals surface area contributed by atoms with Crippen molar-refractivity contribution in [3.8, 4) is 11.1 Å². The standard InChI is InChI=1S/C20H15BO2/c22-21(23)20-13-18(12-17-7-3-4-8-19(17)20)16-10-9-14-5-1-2-6-15(14)11-16/h1-13,22-23H. The van der Waals surface area contributed by atoms with Gasteiger partial charge in [-0.15, -0.1) is 0 Å². The van der Waals surface area contributed by atoms with Crippen LogP contribution in [0.2, 0.25) is 0 Å². The first-order valence-electron chi connectivity index (χ1n) is 7.60. The summed E-state index contributed by atoms with van der Waals surface area (Å²) in [6.45, 7) is 0. The Kier molecular flexibility index (Phi) is 3.38. The monoisotopic (exact) mass is 298 g/mol. The third kappa shape index (κ3) is 2.50. The van der Waals surface area contributed by atoms with Crippen molar-refractivity contribution in [1.82, 2.24) is 0 Å². The Hall–Kier alpha value is -2.62. The molecule has 0 aliphatic rings. The molecule has 0 amide bonds. The maximum absolute atomic E-state index is 9.72. The smallest absolute Gasteiger partial charge is 0.423 e. The summed E-state index contributed by atoms with van der Waals surface area (Å²) in [7, 11) is -1.49. The lowest BCUT2D eigenvalue weighted by atomic mass is 9.75. The molecule has 4 rings (SSSR count). The molecule has 2 nitrogen and oxygen atoms in total. The van der Waals surface area contributed by atoms with Crippen molar-refractivity contribution in [2.45, 2.75) is 0 Å². The number of benzene rings is 4. The Balaban J connectivity index is 1.96. The van der Waals surface area contributed by atoms with E-state index in [2.05, 4.69) is 36.4 Å². The van der Waals surface area contributed by atoms with E-state index in [1.165, 1.54) is 10.8 Å². The van der Waals surface area contributed by atoms with Gasteiger partial charge in [-0.05, 0) is 50.3 Å². The highest BCUT2D eigenvalue weighted by Crippen LogP contribution is 2.26. The first kappa shape index (κ1) is 14.0. The molecule has 2 N–H and O–H groups in total. The average molecular weight is 298 g/mol. The van der Waals surface area contributed by atoms with Crippen LogP contribution in [0.1, 0.15) is 0 Å². The fraction of sp³-hybridized carbons (Fsp3) is 0. The molecule has 110 valence electrons. The summed E-state index contributed by atoms with van der Waals surface area (Å²) in [6, 6.07) is 26.2. The van der Waals surface area contributed by atoms with Crippen molar-refractivity contribution in [3.63, 3.8) is 0 Å². The van der Waals surface area contributed by atoms with Crippen molar-refractivity contribution in [3.05, 3.63) is 78.9 Å². The molecule has 0 aromatic heterocycles. The third-order valence-electron chi connectivity index (χ3n) is 4.25. The highest BCUT2D eigenvalue weighted by Gasteiger charge is 2.16. The second-order valence-electron chi connectivity index (χ2n) is 5.72. The zero-order chi connectivity index (χ0) is 15.8. The number of fused-ring (bicyclic) bond motifs is 2. The molecule has 0 aliphatic carbocycles. The van der Waals surface area contributed by atoms with Crippen LogP contribution in [-0.2, 0) is 0 Å². The lowest BCUT2D eigenvalue weighted by molar-refractivity contribution is 0.426. The molecule has 0 unspecified atom stereocenters. The second-order valence-corrected chi connectivity index (χ2v) is 5.72. The van der Waals surface area contributed by atoms with E-state index in [9.17, 15) is 10.0 Å². The minimum absolute atomic E-state index is 0.534. The van der Waals surface area contributed by atoms with Crippen LogP contribution < -0.4 is 5.46 Å². The van der Waals surface area contributed by atoms with E-state index in [0.29, 0.717) is 5.46 Å². The average Bonchev–Trinajstić information content (AvgIpc) is 2.60. The van der Waals surface area contributed by atoms with E-state index in [-0.39, 0.29) is 0 Å². The van der Waals surface area contributed by atoms with Gasteiger partial charge in [0.2, 0.25) is 0 Å². The summed E-state index contributed by atoms with van der Waals surface area (Å²) >= 11 is 0. The molecule has 0 saturated carbocycles. The topological polar surface area (TPSA) is 40.5 Å². The molecule has 0 spiro atoms. The van der Waals surface area contributed by atoms with Gasteiger partial charge in [0.05, 0.1) is 0 Å². The summed E-state index contributed by atoms with van der Waals surface area (Å²) < 4.78 is 0. The van der Waals surface area contributed by atoms with Crippen LogP contribution in [0.4, 0.5) is 0 Å². The van der Waals surface area contributed by atoms with E-state index in [4.69, 9.17) is 0 Å². The molecule has 0 radical (unpaired) electrons. The Morgan fingerprint density at radius 1 is 0.565 bits per heavy atom. The van der Waals surface area contributed by atoms with Gasteiger partial charge in [-0.2, -0.15) is 0 Å². The Labute approximate surface area is 134 Å². The van der Waals surface area contributed by atoms with Crippen molar-refractivity contribution in [2.75, 3.05) is 0 Å². The zero-order valence-corrected chi connectivity index (χ0v) is 12.5. The minimum atomic E-state index is -1.49. The van der Waals surface area contributed by atoms with E-state index >= 15 is 0 Å². The van der Waals surface area contributed by atoms with E-state index in [1.807, 2.05) is 42.5 Å². The van der Waals surface area contributed by atoms with Gasteiger partial charge in [0.1, 0.15) is 0 Å². The van der Waals surface area contributed by atoms with Crippen molar-refractivity contribution in [2.24, 2.45) is 0 Å². The quantitative estimate of drug-likeness (QED) is 0.557. The van der Waals surface area contributed by atoms with Crippen molar-refractivity contribution < 1.29 is 10.0 Å². The summed E-state index contributed by atoms with van der Waals surface area (Å²) in [4.78, 5) is 0. The summed E-state index contributed by atoms with van der Waals surface area (Å²) in [5.41, 5.74) is 2.58. The molecule has 0 fully saturated rings. The molecule has 0 heterocycles. The van der Waals surface area contributed by atoms with E-state index in [0.717, 1.165) is 21.9 Å². The van der Waals surface area contributed by atoms with E-state index in [1.54, 1.807) is 0 Å². The zero-order valence-electron chi connectivity index (χ0n) is 12.5. The van der Waals surface area contributed by atoms with Gasteiger partial charge in [0, 0.05) is 0 Å². The Morgan fingerprint density at radius 2 is 1.22 bits per heavy atom. The van der Waals surface area contributed by atoms with Gasteiger partial charge in [-0.25, -0.2) is 0 Å². The lowest BCUT2D eigenvalue weighted by Crippen LogP contribution is -2.30. The predicted octanol–water partition coefficient (Wildman–Crippen LogP) is 3.34. The first-order valence-corrected chi connectivity index (χ1v) is 7.60. The van der Waals surface area contributed by atoms with Crippen LogP contribution in [0.3, 0.4) is 0 Å². The SMILES string of the molecule is OB(O)c1cc(-c2ccc3ccccc3c2)cc2ccccc12. The number of hydrogen-bond acceptors (Lipinski definition) is 2. The van der Waals surface area contributed by atoms with Crippen LogP contribution >= 0.6 is 0 Å². The van der Waals surface area contributed by atoms with Crippen LogP contribution in [0.15, 0.2) is 78.9 Å². The van der Waals surface area contributed by atoms with Gasteiger partial charge in [0.25, 0.3) is 0 Å². The summed E-state index contributed by atoms with van der Waals surface area (Å²) in [5, 5.41) is 23.7. The second kappa shape index (κ2) is 5.54. The molecule has 3 heteroatoms. The van der Waals surface area contributed by atoms with Gasteiger partial charge in [-0.1, -0.05) is 66.7 Å². The number of rotatable bonds is 2. The van der Waals surface area contributed by atoms with Crippen LogP contribution in [-0.4, -0.2) is 17.2 Å². The lowest BCUT2D eigenvalue weighted by Gasteiger charge is -2.11. The number of hydrogen-bond donors (Lipinski definition) is 2. The highest BCUT2D eigenvalue weighted by atomic mass is 16.4. The fourth-order valence-corrected chi connectivity index (χ4v) is 3.09. The van der Waals surface area contributed by atoms with Gasteiger partial charge >= 0.3 is 7.12 Å². The normalized spacial score (nSPS) is 11.0.